The normalized spacial score (nSPS) is 13.2. The molecule has 0 aliphatic rings. The molecule has 3 nitrogen and oxygen atoms in total. The maximum atomic E-state index is 11.0. The molecule has 11 heavy (non-hydrogen) atoms. The van der Waals surface area contributed by atoms with Crippen molar-refractivity contribution in [1.29, 1.82) is 0 Å². The lowest BCUT2D eigenvalue weighted by Gasteiger charge is -2.12. The molecule has 0 aromatic heterocycles. The highest BCUT2D eigenvalue weighted by molar-refractivity contribution is 5.77. The molecular weight excluding hydrogens is 142 g/mol. The van der Waals surface area contributed by atoms with Crippen molar-refractivity contribution in [2.24, 2.45) is 11.8 Å². The predicted octanol–water partition coefficient (Wildman–Crippen LogP) is 0.735. The Balaban J connectivity index is 3.64. The fraction of sp³-hybridized carbons (Fsp3) is 0.875. The number of amides is 1. The summed E-state index contributed by atoms with van der Waals surface area (Å²) < 4.78 is 0. The number of carbonyl (C=O) groups is 1. The van der Waals surface area contributed by atoms with Crippen LogP contribution < -0.4 is 5.32 Å². The second-order valence-corrected chi connectivity index (χ2v) is 3.23. The van der Waals surface area contributed by atoms with E-state index in [0.717, 1.165) is 6.42 Å². The average Bonchev–Trinajstić information content (AvgIpc) is 1.86. The molecule has 0 fully saturated rings. The fourth-order valence-electron chi connectivity index (χ4n) is 1.07. The molecule has 1 atom stereocenters. The summed E-state index contributed by atoms with van der Waals surface area (Å²) in [6, 6.07) is 0. The van der Waals surface area contributed by atoms with Gasteiger partial charge in [-0.05, 0) is 12.3 Å². The number of carbonyl (C=O) groups excluding carboxylic acids is 1. The van der Waals surface area contributed by atoms with Gasteiger partial charge in [-0.25, -0.2) is 0 Å². The van der Waals surface area contributed by atoms with E-state index in [0.29, 0.717) is 5.92 Å². The third-order valence-electron chi connectivity index (χ3n) is 1.53. The van der Waals surface area contributed by atoms with Crippen LogP contribution in [-0.4, -0.2) is 17.7 Å². The first kappa shape index (κ1) is 10.4. The summed E-state index contributed by atoms with van der Waals surface area (Å²) in [5.41, 5.74) is 0. The van der Waals surface area contributed by atoms with Crippen molar-refractivity contribution in [1.82, 2.24) is 5.32 Å². The molecular formula is C8H17NO2. The zero-order chi connectivity index (χ0) is 8.85. The van der Waals surface area contributed by atoms with E-state index in [2.05, 4.69) is 19.2 Å². The number of nitrogens with one attached hydrogen (secondary N) is 1. The summed E-state index contributed by atoms with van der Waals surface area (Å²) in [5, 5.41) is 10.8. The number of hydrogen-bond donors (Lipinski definition) is 2. The monoisotopic (exact) mass is 159 g/mol. The van der Waals surface area contributed by atoms with Crippen LogP contribution in [0.15, 0.2) is 0 Å². The van der Waals surface area contributed by atoms with Gasteiger partial charge < -0.3 is 10.4 Å². The van der Waals surface area contributed by atoms with Crippen LogP contribution in [0.2, 0.25) is 0 Å². The summed E-state index contributed by atoms with van der Waals surface area (Å²) in [6.07, 6.45) is 0.867. The first-order chi connectivity index (χ1) is 5.07. The van der Waals surface area contributed by atoms with E-state index in [1.54, 1.807) is 0 Å². The van der Waals surface area contributed by atoms with Crippen LogP contribution in [0.1, 0.15) is 27.2 Å². The van der Waals surface area contributed by atoms with E-state index in [4.69, 9.17) is 5.11 Å². The quantitative estimate of drug-likeness (QED) is 0.594. The lowest BCUT2D eigenvalue weighted by Crippen LogP contribution is -2.30. The smallest absolute Gasteiger partial charge is 0.224 e. The summed E-state index contributed by atoms with van der Waals surface area (Å²) in [7, 11) is 0. The summed E-state index contributed by atoms with van der Waals surface area (Å²) in [6.45, 7) is 5.75. The number of rotatable bonds is 4. The van der Waals surface area contributed by atoms with Gasteiger partial charge in [0.1, 0.15) is 6.73 Å². The van der Waals surface area contributed by atoms with Crippen LogP contribution in [-0.2, 0) is 4.79 Å². The molecule has 0 heterocycles. The third-order valence-corrected chi connectivity index (χ3v) is 1.53. The Morgan fingerprint density at radius 3 is 2.36 bits per heavy atom. The van der Waals surface area contributed by atoms with E-state index < -0.39 is 0 Å². The minimum Gasteiger partial charge on any atom is -0.377 e. The minimum absolute atomic E-state index is 0.00199. The lowest BCUT2D eigenvalue weighted by molar-refractivity contribution is -0.126. The van der Waals surface area contributed by atoms with Gasteiger partial charge in [-0.1, -0.05) is 20.8 Å². The standard InChI is InChI=1S/C8H17NO2/c1-6(2)4-7(3)8(11)9-5-10/h6-7,10H,4-5H2,1-3H3,(H,9,11). The Bertz CT molecular complexity index is 123. The van der Waals surface area contributed by atoms with Gasteiger partial charge in [-0.2, -0.15) is 0 Å². The van der Waals surface area contributed by atoms with Crippen molar-refractivity contribution in [3.63, 3.8) is 0 Å². The van der Waals surface area contributed by atoms with Crippen LogP contribution in [0.5, 0.6) is 0 Å². The fourth-order valence-corrected chi connectivity index (χ4v) is 1.07. The Kier molecular flexibility index (Phi) is 4.86. The van der Waals surface area contributed by atoms with Crippen LogP contribution in [0.4, 0.5) is 0 Å². The highest BCUT2D eigenvalue weighted by Crippen LogP contribution is 2.10. The molecule has 0 radical (unpaired) electrons. The van der Waals surface area contributed by atoms with Crippen LogP contribution in [0, 0.1) is 11.8 Å². The number of aliphatic hydroxyl groups is 1. The zero-order valence-electron chi connectivity index (χ0n) is 7.42. The van der Waals surface area contributed by atoms with E-state index in [1.807, 2.05) is 6.92 Å². The van der Waals surface area contributed by atoms with Gasteiger partial charge in [-0.15, -0.1) is 0 Å². The molecule has 0 aliphatic carbocycles. The molecule has 0 aromatic rings. The van der Waals surface area contributed by atoms with Crippen molar-refractivity contribution in [2.45, 2.75) is 27.2 Å². The molecule has 66 valence electrons. The molecule has 0 saturated carbocycles. The topological polar surface area (TPSA) is 49.3 Å². The van der Waals surface area contributed by atoms with Crippen LogP contribution >= 0.6 is 0 Å². The molecule has 0 spiro atoms. The first-order valence-electron chi connectivity index (χ1n) is 3.96. The summed E-state index contributed by atoms with van der Waals surface area (Å²) >= 11 is 0. The molecule has 0 aromatic carbocycles. The molecule has 0 saturated heterocycles. The molecule has 2 N–H and O–H groups in total. The van der Waals surface area contributed by atoms with E-state index in [-0.39, 0.29) is 18.6 Å². The van der Waals surface area contributed by atoms with Gasteiger partial charge in [0.25, 0.3) is 0 Å². The van der Waals surface area contributed by atoms with E-state index in [9.17, 15) is 4.79 Å². The highest BCUT2D eigenvalue weighted by atomic mass is 16.3. The predicted molar refractivity (Wildman–Crippen MR) is 43.8 cm³/mol. The van der Waals surface area contributed by atoms with Gasteiger partial charge in [0.15, 0.2) is 0 Å². The van der Waals surface area contributed by atoms with Gasteiger partial charge in [0.05, 0.1) is 0 Å². The SMILES string of the molecule is CC(C)CC(C)C(=O)NCO. The van der Waals surface area contributed by atoms with Crippen molar-refractivity contribution < 1.29 is 9.90 Å². The van der Waals surface area contributed by atoms with E-state index >= 15 is 0 Å². The Hall–Kier alpha value is -0.570. The third kappa shape index (κ3) is 4.79. The average molecular weight is 159 g/mol. The first-order valence-corrected chi connectivity index (χ1v) is 3.96. The molecule has 3 heteroatoms. The summed E-state index contributed by atoms with van der Waals surface area (Å²) in [4.78, 5) is 11.0. The number of aliphatic hydroxyl groups excluding tert-OH is 1. The maximum absolute atomic E-state index is 11.0. The number of hydrogen-bond acceptors (Lipinski definition) is 2. The molecule has 0 bridgehead atoms. The van der Waals surface area contributed by atoms with Gasteiger partial charge in [0.2, 0.25) is 5.91 Å². The highest BCUT2D eigenvalue weighted by Gasteiger charge is 2.12. The molecule has 1 unspecified atom stereocenters. The van der Waals surface area contributed by atoms with Crippen LogP contribution in [0.25, 0.3) is 0 Å². The minimum atomic E-state index is -0.263. The van der Waals surface area contributed by atoms with Gasteiger partial charge in [0, 0.05) is 5.92 Å². The molecule has 1 amide bonds. The van der Waals surface area contributed by atoms with Crippen molar-refractivity contribution in [3.05, 3.63) is 0 Å². The molecule has 0 aliphatic heterocycles. The Morgan fingerprint density at radius 1 is 1.45 bits per heavy atom. The second-order valence-electron chi connectivity index (χ2n) is 3.23. The van der Waals surface area contributed by atoms with Crippen molar-refractivity contribution in [3.8, 4) is 0 Å². The van der Waals surface area contributed by atoms with Crippen molar-refractivity contribution in [2.75, 3.05) is 6.73 Å². The van der Waals surface area contributed by atoms with E-state index in [1.165, 1.54) is 0 Å². The maximum Gasteiger partial charge on any atom is 0.224 e. The van der Waals surface area contributed by atoms with Gasteiger partial charge in [-0.3, -0.25) is 4.79 Å². The largest absolute Gasteiger partial charge is 0.377 e. The van der Waals surface area contributed by atoms with Crippen LogP contribution in [0.3, 0.4) is 0 Å². The Labute approximate surface area is 67.8 Å². The zero-order valence-corrected chi connectivity index (χ0v) is 7.42. The molecule has 0 rings (SSSR count). The second kappa shape index (κ2) is 5.13. The van der Waals surface area contributed by atoms with Crippen molar-refractivity contribution >= 4 is 5.91 Å². The summed E-state index contributed by atoms with van der Waals surface area (Å²) in [5.74, 6) is 0.456. The Morgan fingerprint density at radius 2 is 2.00 bits per heavy atom. The lowest BCUT2D eigenvalue weighted by atomic mass is 9.98. The van der Waals surface area contributed by atoms with Gasteiger partial charge >= 0.3 is 0 Å².